The van der Waals surface area contributed by atoms with Crippen molar-refractivity contribution < 1.29 is 14.4 Å². The Kier molecular flexibility index (Phi) is 9.87. The van der Waals surface area contributed by atoms with E-state index in [1.807, 2.05) is 60.7 Å². The van der Waals surface area contributed by atoms with Crippen LogP contribution < -0.4 is 33.2 Å². The van der Waals surface area contributed by atoms with Crippen molar-refractivity contribution in [1.82, 2.24) is 15.6 Å². The van der Waals surface area contributed by atoms with E-state index in [0.29, 0.717) is 18.5 Å². The standard InChI is InChI=1S/C26H33N7O3/c27-14-20(15-28)31-24(34)13-21(29)25(35)33-23(11-10-17-6-2-1-3-7-17)26(36)32-19-12-18-8-4-5-9-22(18)30-16-19/h1-9,12,16,20-21,23H,10-11,13-15,27-29H2,(H,31,34)(H,32,36)(H,33,35)/t21-,23+/m0/s1. The second-order valence-electron chi connectivity index (χ2n) is 8.54. The molecular formula is C26H33N7O3. The number of nitrogens with one attached hydrogen (secondary N) is 3. The van der Waals surface area contributed by atoms with Gasteiger partial charge >= 0.3 is 0 Å². The zero-order valence-corrected chi connectivity index (χ0v) is 20.0. The number of amides is 3. The van der Waals surface area contributed by atoms with Crippen molar-refractivity contribution in [2.24, 2.45) is 17.2 Å². The summed E-state index contributed by atoms with van der Waals surface area (Å²) >= 11 is 0. The molecule has 2 aromatic carbocycles. The smallest absolute Gasteiger partial charge is 0.247 e. The number of carbonyl (C=O) groups excluding carboxylic acids is 3. The molecule has 3 rings (SSSR count). The fourth-order valence-electron chi connectivity index (χ4n) is 3.67. The van der Waals surface area contributed by atoms with Crippen LogP contribution in [-0.2, 0) is 20.8 Å². The lowest BCUT2D eigenvalue weighted by molar-refractivity contribution is -0.130. The van der Waals surface area contributed by atoms with Gasteiger partial charge < -0.3 is 33.2 Å². The van der Waals surface area contributed by atoms with Gasteiger partial charge in [0.15, 0.2) is 0 Å². The number of fused-ring (bicyclic) bond motifs is 1. The topological polar surface area (TPSA) is 178 Å². The predicted molar refractivity (Wildman–Crippen MR) is 140 cm³/mol. The Labute approximate surface area is 210 Å². The number of nitrogens with zero attached hydrogens (tertiary/aromatic N) is 1. The van der Waals surface area contributed by atoms with Crippen LogP contribution in [0.3, 0.4) is 0 Å². The quantitative estimate of drug-likeness (QED) is 0.212. The minimum Gasteiger partial charge on any atom is -0.351 e. The van der Waals surface area contributed by atoms with Crippen LogP contribution in [0.1, 0.15) is 18.4 Å². The molecule has 1 aromatic heterocycles. The largest absolute Gasteiger partial charge is 0.351 e. The van der Waals surface area contributed by atoms with E-state index in [0.717, 1.165) is 16.5 Å². The van der Waals surface area contributed by atoms with Gasteiger partial charge in [0.05, 0.1) is 35.9 Å². The van der Waals surface area contributed by atoms with Gasteiger partial charge in [-0.1, -0.05) is 48.5 Å². The Balaban J connectivity index is 1.68. The summed E-state index contributed by atoms with van der Waals surface area (Å²) in [5.41, 5.74) is 19.4. The van der Waals surface area contributed by atoms with Crippen LogP contribution in [-0.4, -0.2) is 53.9 Å². The van der Waals surface area contributed by atoms with Gasteiger partial charge in [0.2, 0.25) is 17.7 Å². The van der Waals surface area contributed by atoms with Gasteiger partial charge in [0.1, 0.15) is 6.04 Å². The van der Waals surface area contributed by atoms with Crippen LogP contribution in [0.5, 0.6) is 0 Å². The number of para-hydroxylation sites is 1. The summed E-state index contributed by atoms with van der Waals surface area (Å²) < 4.78 is 0. The highest BCUT2D eigenvalue weighted by Crippen LogP contribution is 2.17. The second kappa shape index (κ2) is 13.3. The molecule has 0 aliphatic heterocycles. The first-order valence-electron chi connectivity index (χ1n) is 11.8. The van der Waals surface area contributed by atoms with Crippen molar-refractivity contribution in [2.45, 2.75) is 37.4 Å². The summed E-state index contributed by atoms with van der Waals surface area (Å²) in [6.45, 7) is 0.351. The first-order chi connectivity index (χ1) is 17.4. The Morgan fingerprint density at radius 1 is 0.889 bits per heavy atom. The van der Waals surface area contributed by atoms with Crippen molar-refractivity contribution in [3.63, 3.8) is 0 Å². The highest BCUT2D eigenvalue weighted by Gasteiger charge is 2.26. The van der Waals surface area contributed by atoms with Crippen LogP contribution in [0.2, 0.25) is 0 Å². The lowest BCUT2D eigenvalue weighted by Gasteiger charge is -2.21. The van der Waals surface area contributed by atoms with Gasteiger partial charge in [0, 0.05) is 18.5 Å². The van der Waals surface area contributed by atoms with Crippen molar-refractivity contribution in [3.05, 3.63) is 72.4 Å². The Morgan fingerprint density at radius 2 is 1.58 bits per heavy atom. The summed E-state index contributed by atoms with van der Waals surface area (Å²) in [4.78, 5) is 42.5. The van der Waals surface area contributed by atoms with Crippen LogP contribution in [0.25, 0.3) is 10.9 Å². The maximum Gasteiger partial charge on any atom is 0.247 e. The average molecular weight is 492 g/mol. The Bertz CT molecular complexity index is 1170. The van der Waals surface area contributed by atoms with E-state index in [9.17, 15) is 14.4 Å². The monoisotopic (exact) mass is 491 g/mol. The van der Waals surface area contributed by atoms with Gasteiger partial charge in [-0.25, -0.2) is 0 Å². The number of aromatic nitrogens is 1. The maximum atomic E-state index is 13.2. The molecule has 10 heteroatoms. The van der Waals surface area contributed by atoms with E-state index in [4.69, 9.17) is 17.2 Å². The van der Waals surface area contributed by atoms with E-state index >= 15 is 0 Å². The molecule has 0 saturated heterocycles. The van der Waals surface area contributed by atoms with E-state index < -0.39 is 35.8 Å². The van der Waals surface area contributed by atoms with Crippen LogP contribution >= 0.6 is 0 Å². The number of hydrogen-bond acceptors (Lipinski definition) is 7. The number of pyridine rings is 1. The number of nitrogens with two attached hydrogens (primary N) is 3. The number of carbonyl (C=O) groups is 3. The zero-order valence-electron chi connectivity index (χ0n) is 20.0. The molecule has 0 saturated carbocycles. The summed E-state index contributed by atoms with van der Waals surface area (Å²) in [7, 11) is 0. The van der Waals surface area contributed by atoms with Gasteiger partial charge in [-0.05, 0) is 30.5 Å². The highest BCUT2D eigenvalue weighted by molar-refractivity contribution is 5.99. The molecule has 3 amide bonds. The number of rotatable bonds is 12. The van der Waals surface area contributed by atoms with Crippen molar-refractivity contribution >= 4 is 34.3 Å². The molecule has 0 unspecified atom stereocenters. The lowest BCUT2D eigenvalue weighted by Crippen LogP contribution is -2.52. The summed E-state index contributed by atoms with van der Waals surface area (Å²) in [6.07, 6.45) is 2.20. The van der Waals surface area contributed by atoms with Crippen molar-refractivity contribution in [2.75, 3.05) is 18.4 Å². The minimum atomic E-state index is -1.14. The molecule has 0 aliphatic rings. The molecule has 190 valence electrons. The Hall–Kier alpha value is -3.86. The van der Waals surface area contributed by atoms with E-state index in [2.05, 4.69) is 20.9 Å². The van der Waals surface area contributed by atoms with E-state index in [1.165, 1.54) is 0 Å². The number of benzene rings is 2. The molecular weight excluding hydrogens is 458 g/mol. The SMILES string of the molecule is NCC(CN)NC(=O)C[C@H](N)C(=O)N[C@H](CCc1ccccc1)C(=O)Nc1cnc2ccccc2c1. The van der Waals surface area contributed by atoms with Crippen LogP contribution in [0, 0.1) is 0 Å². The Morgan fingerprint density at radius 3 is 2.31 bits per heavy atom. The lowest BCUT2D eigenvalue weighted by atomic mass is 10.0. The molecule has 10 nitrogen and oxygen atoms in total. The normalized spacial score (nSPS) is 12.7. The van der Waals surface area contributed by atoms with Gasteiger partial charge in [-0.15, -0.1) is 0 Å². The highest BCUT2D eigenvalue weighted by atomic mass is 16.2. The van der Waals surface area contributed by atoms with Gasteiger partial charge in [0.25, 0.3) is 0 Å². The van der Waals surface area contributed by atoms with E-state index in [1.54, 1.807) is 6.20 Å². The fraction of sp³-hybridized carbons (Fsp3) is 0.308. The first kappa shape index (κ1) is 26.7. The molecule has 0 spiro atoms. The molecule has 0 fully saturated rings. The van der Waals surface area contributed by atoms with Crippen LogP contribution in [0.15, 0.2) is 66.9 Å². The second-order valence-corrected chi connectivity index (χ2v) is 8.54. The third-order valence-electron chi connectivity index (χ3n) is 5.73. The summed E-state index contributed by atoms with van der Waals surface area (Å²) in [5.74, 6) is -1.45. The molecule has 9 N–H and O–H groups in total. The van der Waals surface area contributed by atoms with Gasteiger partial charge in [-0.2, -0.15) is 0 Å². The summed E-state index contributed by atoms with van der Waals surface area (Å²) in [5, 5.41) is 9.05. The number of aryl methyl sites for hydroxylation is 1. The average Bonchev–Trinajstić information content (AvgIpc) is 2.89. The molecule has 3 aromatic rings. The third kappa shape index (κ3) is 7.84. The zero-order chi connectivity index (χ0) is 25.9. The molecule has 0 bridgehead atoms. The molecule has 36 heavy (non-hydrogen) atoms. The maximum absolute atomic E-state index is 13.2. The van der Waals surface area contributed by atoms with Crippen molar-refractivity contribution in [1.29, 1.82) is 0 Å². The molecule has 0 aliphatic carbocycles. The molecule has 0 radical (unpaired) electrons. The number of hydrogen-bond donors (Lipinski definition) is 6. The van der Waals surface area contributed by atoms with Crippen LogP contribution in [0.4, 0.5) is 5.69 Å². The van der Waals surface area contributed by atoms with Gasteiger partial charge in [-0.3, -0.25) is 19.4 Å². The molecule has 2 atom stereocenters. The minimum absolute atomic E-state index is 0.176. The first-order valence-corrected chi connectivity index (χ1v) is 11.8. The van der Waals surface area contributed by atoms with E-state index in [-0.39, 0.29) is 19.5 Å². The third-order valence-corrected chi connectivity index (χ3v) is 5.73. The summed E-state index contributed by atoms with van der Waals surface area (Å²) in [6, 6.07) is 16.6. The fourth-order valence-corrected chi connectivity index (χ4v) is 3.67. The predicted octanol–water partition coefficient (Wildman–Crippen LogP) is 0.411. The van der Waals surface area contributed by atoms with Crippen molar-refractivity contribution in [3.8, 4) is 0 Å². The number of anilines is 1. The molecule has 1 heterocycles.